The highest BCUT2D eigenvalue weighted by molar-refractivity contribution is 5.98. The summed E-state index contributed by atoms with van der Waals surface area (Å²) in [6.45, 7) is -1.55. The summed E-state index contributed by atoms with van der Waals surface area (Å²) in [5.74, 6) is -0.141. The number of hydrogen-bond acceptors (Lipinski definition) is 6. The third-order valence-electron chi connectivity index (χ3n) is 5.46. The molecule has 34 heavy (non-hydrogen) atoms. The van der Waals surface area contributed by atoms with Crippen molar-refractivity contribution in [1.29, 1.82) is 0 Å². The van der Waals surface area contributed by atoms with Gasteiger partial charge in [0.2, 0.25) is 6.41 Å². The van der Waals surface area contributed by atoms with Gasteiger partial charge in [0, 0.05) is 37.5 Å². The van der Waals surface area contributed by atoms with Crippen LogP contribution >= 0.6 is 0 Å². The van der Waals surface area contributed by atoms with Gasteiger partial charge in [0.15, 0.2) is 0 Å². The lowest BCUT2D eigenvalue weighted by molar-refractivity contribution is -0.108. The van der Waals surface area contributed by atoms with Crippen LogP contribution in [0.15, 0.2) is 54.9 Å². The Kier molecular flexibility index (Phi) is 6.55. The average molecular weight is 466 g/mol. The molecule has 0 aliphatic carbocycles. The van der Waals surface area contributed by atoms with Crippen LogP contribution in [0.1, 0.15) is 27.5 Å². The molecule has 1 unspecified atom stereocenters. The summed E-state index contributed by atoms with van der Waals surface area (Å²) in [6.07, 6.45) is 3.91. The van der Waals surface area contributed by atoms with E-state index in [-0.39, 0.29) is 24.6 Å². The number of fused-ring (bicyclic) bond motifs is 1. The van der Waals surface area contributed by atoms with E-state index in [1.807, 2.05) is 37.5 Å². The number of carbonyl (C=O) groups excluding carboxylic acids is 3. The van der Waals surface area contributed by atoms with Gasteiger partial charge in [-0.2, -0.15) is 9.49 Å². The van der Waals surface area contributed by atoms with E-state index < -0.39 is 18.6 Å². The molecule has 4 amide bonds. The summed E-state index contributed by atoms with van der Waals surface area (Å²) in [6, 6.07) is 10.8. The maximum absolute atomic E-state index is 13.0. The van der Waals surface area contributed by atoms with Gasteiger partial charge >= 0.3 is 6.03 Å². The van der Waals surface area contributed by atoms with Crippen LogP contribution in [0.3, 0.4) is 0 Å². The molecular formula is C23H23FN6O4. The zero-order valence-electron chi connectivity index (χ0n) is 18.3. The van der Waals surface area contributed by atoms with E-state index >= 15 is 0 Å². The molecule has 0 radical (unpaired) electrons. The normalized spacial score (nSPS) is 14.3. The smallest absolute Gasteiger partial charge is 0.321 e. The van der Waals surface area contributed by atoms with Crippen LogP contribution in [0.4, 0.5) is 9.18 Å². The highest BCUT2D eigenvalue weighted by Gasteiger charge is 2.31. The van der Waals surface area contributed by atoms with Crippen molar-refractivity contribution in [1.82, 2.24) is 25.3 Å². The van der Waals surface area contributed by atoms with Gasteiger partial charge in [-0.05, 0) is 28.8 Å². The number of aryl methyl sites for hydroxylation is 1. The number of urea groups is 1. The standard InChI is InChI=1S/C23H23FN6O4/c1-29-10-17(9-27-29)14-2-4-15(5-3-14)20(28-23(33)26-13-31)12-30-11-16-6-7-18(34-22(24)25)8-19(16)21(30)32/h2-10,13,20,22H,11-12,25H2,1H3,(H2,26,28,31,33)/t20-,22?/m0/s1. The predicted octanol–water partition coefficient (Wildman–Crippen LogP) is 1.83. The number of nitrogens with two attached hydrogens (primary N) is 1. The Morgan fingerprint density at radius 2 is 2.03 bits per heavy atom. The summed E-state index contributed by atoms with van der Waals surface area (Å²) >= 11 is 0. The Hall–Kier alpha value is -4.25. The van der Waals surface area contributed by atoms with Gasteiger partial charge in [-0.25, -0.2) is 4.79 Å². The van der Waals surface area contributed by atoms with Crippen molar-refractivity contribution in [3.05, 3.63) is 71.5 Å². The van der Waals surface area contributed by atoms with E-state index in [0.717, 1.165) is 22.3 Å². The number of halogens is 1. The topological polar surface area (TPSA) is 132 Å². The fourth-order valence-corrected chi connectivity index (χ4v) is 3.88. The molecule has 1 aliphatic heterocycles. The van der Waals surface area contributed by atoms with Crippen LogP contribution in [0, 0.1) is 0 Å². The highest BCUT2D eigenvalue weighted by atomic mass is 19.1. The second-order valence-corrected chi connectivity index (χ2v) is 7.79. The third kappa shape index (κ3) is 5.04. The van der Waals surface area contributed by atoms with E-state index in [4.69, 9.17) is 10.5 Å². The largest absolute Gasteiger partial charge is 0.448 e. The number of imide groups is 1. The first kappa shape index (κ1) is 22.9. The lowest BCUT2D eigenvalue weighted by Gasteiger charge is -2.25. The number of alkyl halides is 1. The number of hydrogen-bond donors (Lipinski definition) is 3. The maximum atomic E-state index is 13.0. The molecule has 2 aromatic carbocycles. The molecule has 4 rings (SSSR count). The van der Waals surface area contributed by atoms with E-state index in [0.29, 0.717) is 12.1 Å². The molecule has 1 aromatic heterocycles. The first-order valence-electron chi connectivity index (χ1n) is 10.4. The molecule has 11 heteroatoms. The summed E-state index contributed by atoms with van der Waals surface area (Å²) in [7, 11) is 1.83. The molecule has 1 aliphatic rings. The third-order valence-corrected chi connectivity index (χ3v) is 5.46. The Balaban J connectivity index is 1.55. The number of carbonyl (C=O) groups is 3. The number of nitrogens with one attached hydrogen (secondary N) is 2. The van der Waals surface area contributed by atoms with Gasteiger partial charge < -0.3 is 15.0 Å². The predicted molar refractivity (Wildman–Crippen MR) is 120 cm³/mol. The van der Waals surface area contributed by atoms with Gasteiger partial charge in [-0.3, -0.25) is 25.3 Å². The minimum atomic E-state index is -2.00. The van der Waals surface area contributed by atoms with Crippen molar-refractivity contribution < 1.29 is 23.5 Å². The van der Waals surface area contributed by atoms with Crippen LogP contribution in [0.2, 0.25) is 0 Å². The summed E-state index contributed by atoms with van der Waals surface area (Å²) in [5.41, 5.74) is 8.76. The summed E-state index contributed by atoms with van der Waals surface area (Å²) in [5, 5.41) is 8.95. The summed E-state index contributed by atoms with van der Waals surface area (Å²) < 4.78 is 19.5. The number of amides is 4. The van der Waals surface area contributed by atoms with Gasteiger partial charge in [0.25, 0.3) is 12.4 Å². The Morgan fingerprint density at radius 3 is 2.68 bits per heavy atom. The van der Waals surface area contributed by atoms with E-state index in [1.54, 1.807) is 27.9 Å². The molecule has 3 aromatic rings. The fraction of sp³-hybridized carbons (Fsp3) is 0.217. The van der Waals surface area contributed by atoms with Crippen molar-refractivity contribution in [2.45, 2.75) is 19.1 Å². The fourth-order valence-electron chi connectivity index (χ4n) is 3.88. The molecule has 2 atom stereocenters. The average Bonchev–Trinajstić information content (AvgIpc) is 3.37. The van der Waals surface area contributed by atoms with E-state index in [9.17, 15) is 18.8 Å². The van der Waals surface area contributed by atoms with Gasteiger partial charge in [-0.15, -0.1) is 0 Å². The Labute approximate surface area is 194 Å². The zero-order valence-corrected chi connectivity index (χ0v) is 18.3. The molecule has 0 saturated carbocycles. The van der Waals surface area contributed by atoms with Crippen LogP contribution in [-0.4, -0.2) is 46.1 Å². The number of nitrogens with zero attached hydrogens (tertiary/aromatic N) is 3. The molecule has 2 heterocycles. The first-order chi connectivity index (χ1) is 16.3. The monoisotopic (exact) mass is 466 g/mol. The van der Waals surface area contributed by atoms with E-state index in [1.165, 1.54) is 6.07 Å². The van der Waals surface area contributed by atoms with Crippen molar-refractivity contribution in [2.75, 3.05) is 6.54 Å². The quantitative estimate of drug-likeness (QED) is 0.264. The Bertz CT molecular complexity index is 1210. The lowest BCUT2D eigenvalue weighted by Crippen LogP contribution is -2.42. The van der Waals surface area contributed by atoms with Crippen molar-refractivity contribution >= 4 is 18.3 Å². The van der Waals surface area contributed by atoms with Crippen molar-refractivity contribution in [2.24, 2.45) is 12.8 Å². The lowest BCUT2D eigenvalue weighted by atomic mass is 10.0. The molecule has 176 valence electrons. The van der Waals surface area contributed by atoms with E-state index in [2.05, 4.69) is 15.7 Å². The summed E-state index contributed by atoms with van der Waals surface area (Å²) in [4.78, 5) is 37.4. The zero-order chi connectivity index (χ0) is 24.2. The van der Waals surface area contributed by atoms with Crippen LogP contribution in [0.25, 0.3) is 11.1 Å². The second kappa shape index (κ2) is 9.71. The second-order valence-electron chi connectivity index (χ2n) is 7.79. The highest BCUT2D eigenvalue weighted by Crippen LogP contribution is 2.29. The molecule has 10 nitrogen and oxygen atoms in total. The van der Waals surface area contributed by atoms with Crippen molar-refractivity contribution in [3.63, 3.8) is 0 Å². The molecule has 0 spiro atoms. The molecule has 4 N–H and O–H groups in total. The number of benzene rings is 2. The molecule has 0 bridgehead atoms. The van der Waals surface area contributed by atoms with Crippen LogP contribution < -0.4 is 21.1 Å². The Morgan fingerprint density at radius 1 is 1.26 bits per heavy atom. The van der Waals surface area contributed by atoms with Gasteiger partial charge in [-0.1, -0.05) is 30.3 Å². The SMILES string of the molecule is Cn1cc(-c2ccc([C@H](CN3Cc4ccc(OC(N)F)cc4C3=O)NC(=O)NC=O)cc2)cn1. The molecular weight excluding hydrogens is 443 g/mol. The van der Waals surface area contributed by atoms with Crippen molar-refractivity contribution in [3.8, 4) is 16.9 Å². The van der Waals surface area contributed by atoms with Gasteiger partial charge in [0.05, 0.1) is 12.2 Å². The minimum Gasteiger partial charge on any atom is -0.448 e. The van der Waals surface area contributed by atoms with Gasteiger partial charge in [0.1, 0.15) is 5.75 Å². The number of rotatable bonds is 8. The van der Waals surface area contributed by atoms with Crippen LogP contribution in [0.5, 0.6) is 5.75 Å². The minimum absolute atomic E-state index is 0.144. The number of ether oxygens (including phenoxy) is 1. The first-order valence-corrected chi connectivity index (χ1v) is 10.4. The molecule has 0 saturated heterocycles. The van der Waals surface area contributed by atoms with Crippen LogP contribution in [-0.2, 0) is 18.4 Å². The molecule has 0 fully saturated rings. The maximum Gasteiger partial charge on any atom is 0.321 e. The number of aromatic nitrogens is 2.